The second kappa shape index (κ2) is 5.72. The van der Waals surface area contributed by atoms with Crippen LogP contribution in [0, 0.1) is 0 Å². The highest BCUT2D eigenvalue weighted by Gasteiger charge is 2.36. The molecule has 0 unspecified atom stereocenters. The third-order valence-electron chi connectivity index (χ3n) is 3.20. The summed E-state index contributed by atoms with van der Waals surface area (Å²) in [6.07, 6.45) is 2.65. The summed E-state index contributed by atoms with van der Waals surface area (Å²) in [4.78, 5) is 31.0. The quantitative estimate of drug-likeness (QED) is 0.943. The van der Waals surface area contributed by atoms with Gasteiger partial charge in [0, 0.05) is 22.9 Å². The van der Waals surface area contributed by atoms with Crippen LogP contribution in [0.1, 0.15) is 17.7 Å². The fourth-order valence-electron chi connectivity index (χ4n) is 2.25. The molecule has 0 saturated carbocycles. The molecule has 1 N–H and O–H groups in total. The van der Waals surface area contributed by atoms with Gasteiger partial charge in [0.15, 0.2) is 5.13 Å². The van der Waals surface area contributed by atoms with E-state index in [2.05, 4.69) is 10.3 Å². The van der Waals surface area contributed by atoms with Crippen LogP contribution in [0.15, 0.2) is 29.1 Å². The normalized spacial score (nSPS) is 18.5. The van der Waals surface area contributed by atoms with Crippen LogP contribution >= 0.6 is 22.7 Å². The summed E-state index contributed by atoms with van der Waals surface area (Å²) in [6, 6.07) is 3.53. The fraction of sp³-hybridized carbons (Fsp3) is 0.308. The maximum absolute atomic E-state index is 12.3. The number of nitrogens with one attached hydrogen (secondary N) is 1. The summed E-state index contributed by atoms with van der Waals surface area (Å²) in [5, 5.41) is 7.12. The average molecular weight is 307 g/mol. The number of nitrogens with zero attached hydrogens (tertiary/aromatic N) is 2. The van der Waals surface area contributed by atoms with Crippen LogP contribution in [0.4, 0.5) is 5.13 Å². The van der Waals surface area contributed by atoms with E-state index in [0.717, 1.165) is 4.88 Å². The van der Waals surface area contributed by atoms with Crippen molar-refractivity contribution in [1.82, 2.24) is 9.88 Å². The Kier molecular flexibility index (Phi) is 3.79. The smallest absolute Gasteiger partial charge is 0.248 e. The molecule has 0 aliphatic carbocycles. The van der Waals surface area contributed by atoms with Crippen LogP contribution in [0.25, 0.3) is 0 Å². The average Bonchev–Trinajstić information content (AvgIpc) is 3.14. The molecule has 0 aromatic carbocycles. The van der Waals surface area contributed by atoms with Crippen molar-refractivity contribution in [3.63, 3.8) is 0 Å². The lowest BCUT2D eigenvalue weighted by molar-refractivity contribution is -0.133. The molecule has 1 saturated heterocycles. The SMILES string of the molecule is O=C(Nc1nccs1)[C@H]1CCC(=O)N1Cc1cccs1. The Morgan fingerprint density at radius 3 is 3.05 bits per heavy atom. The first kappa shape index (κ1) is 13.3. The second-order valence-electron chi connectivity index (χ2n) is 4.48. The topological polar surface area (TPSA) is 62.3 Å². The van der Waals surface area contributed by atoms with Gasteiger partial charge in [0.05, 0.1) is 6.54 Å². The van der Waals surface area contributed by atoms with E-state index in [0.29, 0.717) is 24.5 Å². The van der Waals surface area contributed by atoms with E-state index >= 15 is 0 Å². The van der Waals surface area contributed by atoms with Crippen molar-refractivity contribution >= 4 is 39.6 Å². The Bertz CT molecular complexity index is 595. The van der Waals surface area contributed by atoms with E-state index in [4.69, 9.17) is 0 Å². The van der Waals surface area contributed by atoms with E-state index in [9.17, 15) is 9.59 Å². The summed E-state index contributed by atoms with van der Waals surface area (Å²) < 4.78 is 0. The van der Waals surface area contributed by atoms with E-state index in [1.54, 1.807) is 27.8 Å². The fourth-order valence-corrected chi connectivity index (χ4v) is 3.48. The van der Waals surface area contributed by atoms with Crippen molar-refractivity contribution in [2.75, 3.05) is 5.32 Å². The number of likely N-dealkylation sites (tertiary alicyclic amines) is 1. The first-order chi connectivity index (χ1) is 9.74. The van der Waals surface area contributed by atoms with Crippen molar-refractivity contribution in [2.24, 2.45) is 0 Å². The highest BCUT2D eigenvalue weighted by molar-refractivity contribution is 7.13. The number of anilines is 1. The van der Waals surface area contributed by atoms with Gasteiger partial charge in [-0.15, -0.1) is 22.7 Å². The minimum atomic E-state index is -0.395. The second-order valence-corrected chi connectivity index (χ2v) is 6.41. The summed E-state index contributed by atoms with van der Waals surface area (Å²) in [5.74, 6) is -0.111. The molecule has 2 aromatic rings. The Morgan fingerprint density at radius 1 is 1.45 bits per heavy atom. The zero-order chi connectivity index (χ0) is 13.9. The highest BCUT2D eigenvalue weighted by atomic mass is 32.1. The lowest BCUT2D eigenvalue weighted by Gasteiger charge is -2.23. The van der Waals surface area contributed by atoms with Gasteiger partial charge in [-0.3, -0.25) is 9.59 Å². The zero-order valence-corrected chi connectivity index (χ0v) is 12.2. The van der Waals surface area contributed by atoms with E-state index < -0.39 is 6.04 Å². The van der Waals surface area contributed by atoms with Gasteiger partial charge in [-0.1, -0.05) is 6.07 Å². The summed E-state index contributed by atoms with van der Waals surface area (Å²) >= 11 is 2.97. The van der Waals surface area contributed by atoms with Gasteiger partial charge in [-0.05, 0) is 17.9 Å². The predicted octanol–water partition coefficient (Wildman–Crippen LogP) is 2.33. The largest absolute Gasteiger partial charge is 0.325 e. The lowest BCUT2D eigenvalue weighted by Crippen LogP contribution is -2.40. The van der Waals surface area contributed by atoms with Crippen molar-refractivity contribution in [1.29, 1.82) is 0 Å². The summed E-state index contributed by atoms with van der Waals surface area (Å²) in [7, 11) is 0. The number of amides is 2. The van der Waals surface area contributed by atoms with E-state index in [1.807, 2.05) is 17.5 Å². The van der Waals surface area contributed by atoms with Crippen LogP contribution in [0.3, 0.4) is 0 Å². The van der Waals surface area contributed by atoms with Crippen molar-refractivity contribution < 1.29 is 9.59 Å². The molecule has 7 heteroatoms. The minimum Gasteiger partial charge on any atom is -0.325 e. The maximum atomic E-state index is 12.3. The number of hydrogen-bond acceptors (Lipinski definition) is 5. The minimum absolute atomic E-state index is 0.0395. The molecule has 1 atom stereocenters. The van der Waals surface area contributed by atoms with Crippen LogP contribution in [0.5, 0.6) is 0 Å². The first-order valence-corrected chi connectivity index (χ1v) is 8.02. The standard InChI is InChI=1S/C13H13N3O2S2/c17-11-4-3-10(12(18)15-13-14-5-7-20-13)16(11)8-9-2-1-6-19-9/h1-2,5-7,10H,3-4,8H2,(H,14,15,18)/t10-/m1/s1. The maximum Gasteiger partial charge on any atom is 0.248 e. The van der Waals surface area contributed by atoms with Gasteiger partial charge < -0.3 is 10.2 Å². The van der Waals surface area contributed by atoms with Gasteiger partial charge in [0.25, 0.3) is 0 Å². The third kappa shape index (κ3) is 2.73. The Labute approximate surface area is 124 Å². The van der Waals surface area contributed by atoms with Gasteiger partial charge in [-0.25, -0.2) is 4.98 Å². The van der Waals surface area contributed by atoms with Gasteiger partial charge in [-0.2, -0.15) is 0 Å². The molecular weight excluding hydrogens is 294 g/mol. The van der Waals surface area contributed by atoms with Gasteiger partial charge in [0.1, 0.15) is 6.04 Å². The van der Waals surface area contributed by atoms with Crippen LogP contribution in [0.2, 0.25) is 0 Å². The number of carbonyl (C=O) groups excluding carboxylic acids is 2. The molecule has 0 radical (unpaired) electrons. The molecule has 1 fully saturated rings. The molecule has 1 aliphatic heterocycles. The Morgan fingerprint density at radius 2 is 2.35 bits per heavy atom. The molecule has 5 nitrogen and oxygen atoms in total. The highest BCUT2D eigenvalue weighted by Crippen LogP contribution is 2.24. The molecular formula is C13H13N3O2S2. The molecule has 0 bridgehead atoms. The molecule has 2 aromatic heterocycles. The number of thiophene rings is 1. The Hall–Kier alpha value is -1.73. The molecule has 2 amide bonds. The number of carbonyl (C=O) groups is 2. The number of aromatic nitrogens is 1. The zero-order valence-electron chi connectivity index (χ0n) is 10.6. The van der Waals surface area contributed by atoms with Crippen LogP contribution < -0.4 is 5.32 Å². The molecule has 104 valence electrons. The van der Waals surface area contributed by atoms with Crippen LogP contribution in [-0.2, 0) is 16.1 Å². The summed E-state index contributed by atoms with van der Waals surface area (Å²) in [5.41, 5.74) is 0. The summed E-state index contributed by atoms with van der Waals surface area (Å²) in [6.45, 7) is 0.506. The number of hydrogen-bond donors (Lipinski definition) is 1. The molecule has 3 heterocycles. The van der Waals surface area contributed by atoms with Crippen LogP contribution in [-0.4, -0.2) is 27.7 Å². The van der Waals surface area contributed by atoms with Crippen molar-refractivity contribution in [2.45, 2.75) is 25.4 Å². The third-order valence-corrected chi connectivity index (χ3v) is 4.75. The van der Waals surface area contributed by atoms with E-state index in [1.165, 1.54) is 11.3 Å². The van der Waals surface area contributed by atoms with Crippen molar-refractivity contribution in [3.8, 4) is 0 Å². The number of rotatable bonds is 4. The number of thiazole rings is 1. The molecule has 3 rings (SSSR count). The Balaban J connectivity index is 1.70. The molecule has 1 aliphatic rings. The monoisotopic (exact) mass is 307 g/mol. The molecule has 20 heavy (non-hydrogen) atoms. The van der Waals surface area contributed by atoms with Gasteiger partial charge in [0.2, 0.25) is 11.8 Å². The molecule has 0 spiro atoms. The van der Waals surface area contributed by atoms with Crippen molar-refractivity contribution in [3.05, 3.63) is 34.0 Å². The lowest BCUT2D eigenvalue weighted by atomic mass is 10.2. The van der Waals surface area contributed by atoms with E-state index in [-0.39, 0.29) is 11.8 Å². The van der Waals surface area contributed by atoms with Gasteiger partial charge >= 0.3 is 0 Å². The predicted molar refractivity (Wildman–Crippen MR) is 78.6 cm³/mol. The first-order valence-electron chi connectivity index (χ1n) is 6.26.